The van der Waals surface area contributed by atoms with E-state index in [1.807, 2.05) is 32.6 Å². The molecule has 0 aliphatic carbocycles. The molecule has 0 N–H and O–H groups in total. The molecule has 1 aliphatic heterocycles. The van der Waals surface area contributed by atoms with Crippen LogP contribution in [0.1, 0.15) is 56.0 Å². The SMILES string of the molecule is CCN(Sc1ccc2c(c1)CN(C(=O)C(C)C)CC2)[C@@H](C)c1ccc(C(F)(F)F)cc1. The van der Waals surface area contributed by atoms with Crippen LogP contribution in [0.15, 0.2) is 47.4 Å². The molecule has 2 aromatic rings. The minimum atomic E-state index is -4.32. The summed E-state index contributed by atoms with van der Waals surface area (Å²) in [5.74, 6) is 0.161. The van der Waals surface area contributed by atoms with E-state index in [-0.39, 0.29) is 17.9 Å². The summed E-state index contributed by atoms with van der Waals surface area (Å²) in [4.78, 5) is 15.4. The molecule has 168 valence electrons. The lowest BCUT2D eigenvalue weighted by Crippen LogP contribution is -2.38. The first-order chi connectivity index (χ1) is 14.6. The molecule has 2 aromatic carbocycles. The van der Waals surface area contributed by atoms with E-state index in [1.165, 1.54) is 11.1 Å². The second kappa shape index (κ2) is 9.65. The predicted molar refractivity (Wildman–Crippen MR) is 118 cm³/mol. The van der Waals surface area contributed by atoms with Crippen molar-refractivity contribution in [3.8, 4) is 0 Å². The first-order valence-electron chi connectivity index (χ1n) is 10.6. The molecule has 1 aliphatic rings. The number of benzene rings is 2. The van der Waals surface area contributed by atoms with Gasteiger partial charge in [0.25, 0.3) is 0 Å². The van der Waals surface area contributed by atoms with Gasteiger partial charge in [0.2, 0.25) is 5.91 Å². The smallest absolute Gasteiger partial charge is 0.338 e. The summed E-state index contributed by atoms with van der Waals surface area (Å²) >= 11 is 1.60. The van der Waals surface area contributed by atoms with Crippen LogP contribution in [0.5, 0.6) is 0 Å². The number of nitrogens with zero attached hydrogens (tertiary/aromatic N) is 2. The molecule has 3 rings (SSSR count). The lowest BCUT2D eigenvalue weighted by molar-refractivity contribution is -0.137. The van der Waals surface area contributed by atoms with E-state index in [0.717, 1.165) is 42.1 Å². The van der Waals surface area contributed by atoms with Crippen molar-refractivity contribution < 1.29 is 18.0 Å². The first kappa shape index (κ1) is 23.7. The fraction of sp³-hybridized carbons (Fsp3) is 0.458. The molecule has 31 heavy (non-hydrogen) atoms. The van der Waals surface area contributed by atoms with Gasteiger partial charge in [-0.25, -0.2) is 4.31 Å². The van der Waals surface area contributed by atoms with Gasteiger partial charge in [-0.1, -0.05) is 39.0 Å². The summed E-state index contributed by atoms with van der Waals surface area (Å²) < 4.78 is 40.7. The van der Waals surface area contributed by atoms with Gasteiger partial charge >= 0.3 is 6.18 Å². The third-order valence-corrected chi connectivity index (χ3v) is 6.96. The van der Waals surface area contributed by atoms with Gasteiger partial charge < -0.3 is 4.90 Å². The number of rotatable bonds is 6. The van der Waals surface area contributed by atoms with Crippen molar-refractivity contribution in [3.63, 3.8) is 0 Å². The van der Waals surface area contributed by atoms with Crippen LogP contribution < -0.4 is 0 Å². The summed E-state index contributed by atoms with van der Waals surface area (Å²) in [6.07, 6.45) is -3.47. The zero-order valence-electron chi connectivity index (χ0n) is 18.4. The Morgan fingerprint density at radius 1 is 1.10 bits per heavy atom. The molecular weight excluding hydrogens is 421 g/mol. The van der Waals surface area contributed by atoms with Crippen molar-refractivity contribution in [1.29, 1.82) is 0 Å². The zero-order valence-corrected chi connectivity index (χ0v) is 19.2. The van der Waals surface area contributed by atoms with Gasteiger partial charge in [0.05, 0.1) is 5.56 Å². The van der Waals surface area contributed by atoms with E-state index in [4.69, 9.17) is 0 Å². The highest BCUT2D eigenvalue weighted by molar-refractivity contribution is 7.97. The topological polar surface area (TPSA) is 23.6 Å². The molecule has 3 nitrogen and oxygen atoms in total. The monoisotopic (exact) mass is 450 g/mol. The number of amides is 1. The van der Waals surface area contributed by atoms with Crippen LogP contribution >= 0.6 is 11.9 Å². The van der Waals surface area contributed by atoms with Crippen molar-refractivity contribution in [2.75, 3.05) is 13.1 Å². The summed E-state index contributed by atoms with van der Waals surface area (Å²) in [5, 5.41) is 0. The molecule has 0 saturated carbocycles. The predicted octanol–water partition coefficient (Wildman–Crippen LogP) is 6.34. The Labute approximate surface area is 186 Å². The number of hydrogen-bond acceptors (Lipinski definition) is 3. The lowest BCUT2D eigenvalue weighted by Gasteiger charge is -2.31. The summed E-state index contributed by atoms with van der Waals surface area (Å²) in [6, 6.07) is 11.7. The Bertz CT molecular complexity index is 912. The fourth-order valence-corrected chi connectivity index (χ4v) is 4.82. The van der Waals surface area contributed by atoms with Crippen molar-refractivity contribution in [2.24, 2.45) is 5.92 Å². The van der Waals surface area contributed by atoms with Crippen LogP contribution in [0.4, 0.5) is 13.2 Å². The van der Waals surface area contributed by atoms with Crippen LogP contribution in [-0.4, -0.2) is 28.2 Å². The molecule has 0 radical (unpaired) electrons. The Balaban J connectivity index is 1.73. The zero-order chi connectivity index (χ0) is 22.8. The average Bonchev–Trinajstić information content (AvgIpc) is 2.75. The van der Waals surface area contributed by atoms with E-state index >= 15 is 0 Å². The van der Waals surface area contributed by atoms with Crippen LogP contribution in [0.25, 0.3) is 0 Å². The summed E-state index contributed by atoms with van der Waals surface area (Å²) in [5.41, 5.74) is 2.66. The maximum atomic E-state index is 12.9. The minimum absolute atomic E-state index is 0.0146. The second-order valence-electron chi connectivity index (χ2n) is 8.22. The Hall–Kier alpha value is -1.99. The number of fused-ring (bicyclic) bond motifs is 1. The third-order valence-electron chi connectivity index (χ3n) is 5.68. The molecule has 1 atom stereocenters. The van der Waals surface area contributed by atoms with E-state index in [9.17, 15) is 18.0 Å². The van der Waals surface area contributed by atoms with Gasteiger partial charge in [0.1, 0.15) is 0 Å². The molecule has 0 saturated heterocycles. The number of alkyl halides is 3. The second-order valence-corrected chi connectivity index (χ2v) is 9.34. The quantitative estimate of drug-likeness (QED) is 0.480. The van der Waals surface area contributed by atoms with E-state index in [1.54, 1.807) is 24.1 Å². The highest BCUT2D eigenvalue weighted by Crippen LogP contribution is 2.35. The van der Waals surface area contributed by atoms with Crippen LogP contribution in [0.3, 0.4) is 0 Å². The van der Waals surface area contributed by atoms with Crippen molar-refractivity contribution >= 4 is 17.9 Å². The largest absolute Gasteiger partial charge is 0.416 e. The number of hydrogen-bond donors (Lipinski definition) is 0. The molecule has 0 spiro atoms. The summed E-state index contributed by atoms with van der Waals surface area (Å²) in [6.45, 7) is 10.00. The highest BCUT2D eigenvalue weighted by Gasteiger charge is 2.30. The maximum absolute atomic E-state index is 12.9. The highest BCUT2D eigenvalue weighted by atomic mass is 32.2. The van der Waals surface area contributed by atoms with Crippen molar-refractivity contribution in [3.05, 3.63) is 64.7 Å². The average molecular weight is 451 g/mol. The summed E-state index contributed by atoms with van der Waals surface area (Å²) in [7, 11) is 0. The van der Waals surface area contributed by atoms with E-state index in [0.29, 0.717) is 6.54 Å². The Kier molecular flexibility index (Phi) is 7.37. The Morgan fingerprint density at radius 2 is 1.77 bits per heavy atom. The van der Waals surface area contributed by atoms with Gasteiger partial charge in [-0.15, -0.1) is 0 Å². The first-order valence-corrected chi connectivity index (χ1v) is 11.4. The molecule has 0 unspecified atom stereocenters. The van der Waals surface area contributed by atoms with Gasteiger partial charge in [-0.2, -0.15) is 13.2 Å². The molecular formula is C24H29F3N2OS. The molecule has 0 bridgehead atoms. The van der Waals surface area contributed by atoms with E-state index < -0.39 is 11.7 Å². The fourth-order valence-electron chi connectivity index (χ4n) is 3.81. The van der Waals surface area contributed by atoms with Gasteiger partial charge in [0.15, 0.2) is 0 Å². The number of carbonyl (C=O) groups excluding carboxylic acids is 1. The van der Waals surface area contributed by atoms with E-state index in [2.05, 4.69) is 22.5 Å². The van der Waals surface area contributed by atoms with Crippen molar-refractivity contribution in [2.45, 2.75) is 57.8 Å². The normalized spacial score (nSPS) is 15.3. The molecule has 7 heteroatoms. The van der Waals surface area contributed by atoms with Crippen LogP contribution in [0, 0.1) is 5.92 Å². The van der Waals surface area contributed by atoms with Crippen LogP contribution in [0.2, 0.25) is 0 Å². The molecule has 1 heterocycles. The molecule has 0 aromatic heterocycles. The standard InChI is InChI=1S/C24H29F3N2OS/c1-5-29(17(4)18-6-9-21(10-7-18)24(25,26)27)31-22-11-8-19-12-13-28(15-20(19)14-22)23(30)16(2)3/h6-11,14,16-17H,5,12-13,15H2,1-4H3/t17-/m0/s1. The van der Waals surface area contributed by atoms with Crippen molar-refractivity contribution in [1.82, 2.24) is 9.21 Å². The third kappa shape index (κ3) is 5.63. The number of halogens is 3. The molecule has 1 amide bonds. The minimum Gasteiger partial charge on any atom is -0.338 e. The Morgan fingerprint density at radius 3 is 2.35 bits per heavy atom. The van der Waals surface area contributed by atoms with Crippen LogP contribution in [-0.2, 0) is 23.9 Å². The maximum Gasteiger partial charge on any atom is 0.416 e. The molecule has 0 fully saturated rings. The van der Waals surface area contributed by atoms with Gasteiger partial charge in [-0.3, -0.25) is 4.79 Å². The van der Waals surface area contributed by atoms with Gasteiger partial charge in [-0.05, 0) is 66.2 Å². The lowest BCUT2D eigenvalue weighted by atomic mass is 9.99. The van der Waals surface area contributed by atoms with Gasteiger partial charge in [0, 0.05) is 36.5 Å². The number of carbonyl (C=O) groups is 1.